The zero-order valence-electron chi connectivity index (χ0n) is 11.3. The molecule has 0 spiro atoms. The van der Waals surface area contributed by atoms with E-state index in [-0.39, 0.29) is 5.91 Å². The minimum absolute atomic E-state index is 0.121. The Hall–Kier alpha value is -1.55. The lowest BCUT2D eigenvalue weighted by Crippen LogP contribution is -2.33. The first-order chi connectivity index (χ1) is 8.67. The summed E-state index contributed by atoms with van der Waals surface area (Å²) in [6.07, 6.45) is 0.637. The fourth-order valence-electron chi connectivity index (χ4n) is 1.60. The maximum atomic E-state index is 11.4. The van der Waals surface area contributed by atoms with Gasteiger partial charge in [0.2, 0.25) is 0 Å². The highest BCUT2D eigenvalue weighted by atomic mass is 16.5. The number of nitrogens with one attached hydrogen (secondary N) is 2. The van der Waals surface area contributed by atoms with Crippen molar-refractivity contribution in [1.29, 1.82) is 0 Å². The Morgan fingerprint density at radius 1 is 1.44 bits per heavy atom. The molecule has 4 heteroatoms. The Morgan fingerprint density at radius 2 is 2.22 bits per heavy atom. The Kier molecular flexibility index (Phi) is 6.22. The van der Waals surface area contributed by atoms with Gasteiger partial charge in [-0.15, -0.1) is 0 Å². The monoisotopic (exact) mass is 250 g/mol. The molecule has 1 unspecified atom stereocenters. The average molecular weight is 250 g/mol. The fraction of sp³-hybridized carbons (Fsp3) is 0.500. The molecule has 0 fully saturated rings. The lowest BCUT2D eigenvalue weighted by atomic mass is 10.2. The van der Waals surface area contributed by atoms with Gasteiger partial charge in [0.25, 0.3) is 5.91 Å². The second kappa shape index (κ2) is 7.71. The van der Waals surface area contributed by atoms with E-state index in [1.165, 1.54) is 0 Å². The lowest BCUT2D eigenvalue weighted by Gasteiger charge is -2.14. The molecule has 0 aliphatic heterocycles. The van der Waals surface area contributed by atoms with E-state index in [0.29, 0.717) is 0 Å². The van der Waals surface area contributed by atoms with Crippen LogP contribution in [0, 0.1) is 0 Å². The van der Waals surface area contributed by atoms with Gasteiger partial charge in [-0.05, 0) is 37.6 Å². The molecule has 100 valence electrons. The van der Waals surface area contributed by atoms with E-state index < -0.39 is 6.10 Å². The van der Waals surface area contributed by atoms with Crippen molar-refractivity contribution in [3.63, 3.8) is 0 Å². The Balaban J connectivity index is 2.56. The number of hydrogen-bond donors (Lipinski definition) is 2. The molecule has 4 nitrogen and oxygen atoms in total. The summed E-state index contributed by atoms with van der Waals surface area (Å²) >= 11 is 0. The van der Waals surface area contributed by atoms with Crippen molar-refractivity contribution < 1.29 is 9.53 Å². The summed E-state index contributed by atoms with van der Waals surface area (Å²) in [4.78, 5) is 11.4. The van der Waals surface area contributed by atoms with Gasteiger partial charge in [0.15, 0.2) is 6.10 Å². The molecule has 0 heterocycles. The number of carbonyl (C=O) groups excluding carboxylic acids is 1. The first-order valence-corrected chi connectivity index (χ1v) is 6.35. The van der Waals surface area contributed by atoms with Gasteiger partial charge < -0.3 is 15.4 Å². The predicted octanol–water partition coefficient (Wildman–Crippen LogP) is 1.70. The summed E-state index contributed by atoms with van der Waals surface area (Å²) in [7, 11) is 1.60. The number of rotatable bonds is 7. The molecular weight excluding hydrogens is 228 g/mol. The molecule has 1 amide bonds. The predicted molar refractivity (Wildman–Crippen MR) is 72.6 cm³/mol. The Morgan fingerprint density at radius 3 is 2.89 bits per heavy atom. The number of ether oxygens (including phenoxy) is 1. The van der Waals surface area contributed by atoms with E-state index in [9.17, 15) is 4.79 Å². The van der Waals surface area contributed by atoms with Crippen LogP contribution in [0.2, 0.25) is 0 Å². The molecule has 0 saturated heterocycles. The van der Waals surface area contributed by atoms with Crippen LogP contribution < -0.4 is 15.4 Å². The van der Waals surface area contributed by atoms with Gasteiger partial charge in [0.1, 0.15) is 5.75 Å². The number of carbonyl (C=O) groups is 1. The summed E-state index contributed by atoms with van der Waals surface area (Å²) in [5.74, 6) is 0.603. The lowest BCUT2D eigenvalue weighted by molar-refractivity contribution is -0.126. The smallest absolute Gasteiger partial charge is 0.260 e. The van der Waals surface area contributed by atoms with Crippen LogP contribution in [0.1, 0.15) is 25.8 Å². The van der Waals surface area contributed by atoms with Crippen LogP contribution in [0.5, 0.6) is 5.75 Å². The molecule has 0 saturated carbocycles. The molecule has 1 aromatic rings. The summed E-state index contributed by atoms with van der Waals surface area (Å²) in [5.41, 5.74) is 1.16. The van der Waals surface area contributed by atoms with Crippen molar-refractivity contribution in [3.8, 4) is 5.75 Å². The third kappa shape index (κ3) is 4.75. The highest BCUT2D eigenvalue weighted by molar-refractivity contribution is 5.80. The third-order valence-corrected chi connectivity index (χ3v) is 2.58. The van der Waals surface area contributed by atoms with Crippen LogP contribution in [0.4, 0.5) is 0 Å². The zero-order chi connectivity index (χ0) is 13.4. The quantitative estimate of drug-likeness (QED) is 0.724. The highest BCUT2D eigenvalue weighted by Crippen LogP contribution is 2.15. The van der Waals surface area contributed by atoms with Gasteiger partial charge in [0, 0.05) is 13.6 Å². The number of hydrogen-bond acceptors (Lipinski definition) is 3. The maximum Gasteiger partial charge on any atom is 0.260 e. The highest BCUT2D eigenvalue weighted by Gasteiger charge is 2.12. The standard InChI is InChI=1S/C14H22N2O2/c1-4-8-16-10-12-6-5-7-13(9-12)18-11(2)14(17)15-3/h5-7,9,11,16H,4,8,10H2,1-3H3,(H,15,17). The maximum absolute atomic E-state index is 11.4. The average Bonchev–Trinajstić information content (AvgIpc) is 2.38. The molecule has 0 aliphatic rings. The third-order valence-electron chi connectivity index (χ3n) is 2.58. The van der Waals surface area contributed by atoms with Crippen molar-refractivity contribution in [3.05, 3.63) is 29.8 Å². The molecule has 1 rings (SSSR count). The van der Waals surface area contributed by atoms with Crippen LogP contribution in [0.15, 0.2) is 24.3 Å². The van der Waals surface area contributed by atoms with Crippen LogP contribution >= 0.6 is 0 Å². The summed E-state index contributed by atoms with van der Waals surface area (Å²) in [6.45, 7) is 5.69. The summed E-state index contributed by atoms with van der Waals surface area (Å²) < 4.78 is 5.57. The Bertz CT molecular complexity index is 380. The summed E-state index contributed by atoms with van der Waals surface area (Å²) in [6, 6.07) is 7.81. The minimum Gasteiger partial charge on any atom is -0.481 e. The SMILES string of the molecule is CCCNCc1cccc(OC(C)C(=O)NC)c1. The van der Waals surface area contributed by atoms with Gasteiger partial charge >= 0.3 is 0 Å². The van der Waals surface area contributed by atoms with Crippen LogP contribution in [-0.2, 0) is 11.3 Å². The molecule has 1 aromatic carbocycles. The minimum atomic E-state index is -0.478. The van der Waals surface area contributed by atoms with Crippen LogP contribution in [0.25, 0.3) is 0 Å². The van der Waals surface area contributed by atoms with Crippen molar-refractivity contribution in [2.24, 2.45) is 0 Å². The number of benzene rings is 1. The molecule has 0 aromatic heterocycles. The van der Waals surface area contributed by atoms with E-state index in [1.807, 2.05) is 24.3 Å². The van der Waals surface area contributed by atoms with Crippen LogP contribution in [0.3, 0.4) is 0 Å². The van der Waals surface area contributed by atoms with Gasteiger partial charge in [-0.1, -0.05) is 19.1 Å². The molecule has 1 atom stereocenters. The fourth-order valence-corrected chi connectivity index (χ4v) is 1.60. The second-order valence-electron chi connectivity index (χ2n) is 4.20. The van der Waals surface area contributed by atoms with E-state index in [1.54, 1.807) is 14.0 Å². The van der Waals surface area contributed by atoms with E-state index in [4.69, 9.17) is 4.74 Å². The van der Waals surface area contributed by atoms with Gasteiger partial charge in [-0.2, -0.15) is 0 Å². The zero-order valence-corrected chi connectivity index (χ0v) is 11.3. The molecule has 0 bridgehead atoms. The number of amides is 1. The first kappa shape index (κ1) is 14.5. The normalized spacial score (nSPS) is 11.9. The Labute approximate surface area is 109 Å². The molecule has 0 aliphatic carbocycles. The van der Waals surface area contributed by atoms with Gasteiger partial charge in [-0.25, -0.2) is 0 Å². The van der Waals surface area contributed by atoms with E-state index >= 15 is 0 Å². The van der Waals surface area contributed by atoms with Crippen molar-refractivity contribution >= 4 is 5.91 Å². The summed E-state index contributed by atoms with van der Waals surface area (Å²) in [5, 5.41) is 5.90. The van der Waals surface area contributed by atoms with Crippen molar-refractivity contribution in [2.75, 3.05) is 13.6 Å². The first-order valence-electron chi connectivity index (χ1n) is 6.35. The molecular formula is C14H22N2O2. The largest absolute Gasteiger partial charge is 0.481 e. The number of likely N-dealkylation sites (N-methyl/N-ethyl adjacent to an activating group) is 1. The molecule has 2 N–H and O–H groups in total. The topological polar surface area (TPSA) is 50.4 Å². The van der Waals surface area contributed by atoms with Gasteiger partial charge in [0.05, 0.1) is 0 Å². The van der Waals surface area contributed by atoms with Crippen LogP contribution in [-0.4, -0.2) is 25.6 Å². The van der Waals surface area contributed by atoms with Gasteiger partial charge in [-0.3, -0.25) is 4.79 Å². The molecule has 18 heavy (non-hydrogen) atoms. The molecule has 0 radical (unpaired) electrons. The van der Waals surface area contributed by atoms with Crippen molar-refractivity contribution in [1.82, 2.24) is 10.6 Å². The second-order valence-corrected chi connectivity index (χ2v) is 4.20. The van der Waals surface area contributed by atoms with E-state index in [0.717, 1.165) is 30.8 Å². The van der Waals surface area contributed by atoms with E-state index in [2.05, 4.69) is 17.6 Å². The van der Waals surface area contributed by atoms with Crippen molar-refractivity contribution in [2.45, 2.75) is 32.9 Å².